The summed E-state index contributed by atoms with van der Waals surface area (Å²) in [5.41, 5.74) is 11.2. The number of hydrogen-bond acceptors (Lipinski definition) is 0. The van der Waals surface area contributed by atoms with Gasteiger partial charge in [0.05, 0.1) is 0 Å². The van der Waals surface area contributed by atoms with Crippen LogP contribution in [-0.4, -0.2) is 9.52 Å². The second-order valence-corrected chi connectivity index (χ2v) is 20.6. The molecule has 268 valence electrons. The van der Waals surface area contributed by atoms with E-state index in [2.05, 4.69) is 178 Å². The van der Waals surface area contributed by atoms with Gasteiger partial charge in [0, 0.05) is 9.52 Å². The van der Waals surface area contributed by atoms with Crippen LogP contribution in [0.5, 0.6) is 0 Å². The normalized spacial score (nSPS) is 11.1. The Bertz CT molecular complexity index is 1880. The third-order valence-electron chi connectivity index (χ3n) is 9.09. The molecule has 0 aliphatic heterocycles. The first-order valence-electron chi connectivity index (χ1n) is 18.5. The van der Waals surface area contributed by atoms with Crippen molar-refractivity contribution in [2.75, 3.05) is 0 Å². The van der Waals surface area contributed by atoms with Gasteiger partial charge in [0.1, 0.15) is 0 Å². The van der Waals surface area contributed by atoms with E-state index in [4.69, 9.17) is 17.0 Å². The van der Waals surface area contributed by atoms with Crippen molar-refractivity contribution in [3.8, 4) is 22.3 Å². The summed E-state index contributed by atoms with van der Waals surface area (Å²) in [5.74, 6) is 0. The SMILES string of the molecule is CCC[Si]CCC.CCc1cc2c(-c3ccc(C(C)(C)C)cc3)cccc2[cH-]1.Cc1cc2c(-c3ccc(C(C)(C)C)cc3)cccc2[cH-]1.[Cl][Zr+2][Cl]. The maximum atomic E-state index is 4.93. The number of rotatable bonds is 7. The average Bonchev–Trinajstić information content (AvgIpc) is 3.71. The fourth-order valence-electron chi connectivity index (χ4n) is 6.17. The second-order valence-electron chi connectivity index (χ2n) is 15.3. The molecular weight excluding hydrogens is 755 g/mol. The quantitative estimate of drug-likeness (QED) is 0.0856. The molecule has 0 N–H and O–H groups in total. The standard InChI is InChI=1S/C21H23.C20H21.C6H14Si.2ClH.Zr/c1-5-15-13-17-7-6-8-19(20(17)14-15)16-9-11-18(12-10-16)21(2,3)4;1-14-12-16-6-5-7-18(19(16)13-14)15-8-10-17(11-9-15)20(2,3)4;1-3-5-7-6-4-2;;;/h6-14H,5H2,1-4H3;5-13H,1-4H3;3-6H2,1-2H3;2*1H;/q2*-1;;;;+4/p-2. The summed E-state index contributed by atoms with van der Waals surface area (Å²) in [5, 5.41) is 5.41. The minimum absolute atomic E-state index is 0.209. The summed E-state index contributed by atoms with van der Waals surface area (Å²) in [4.78, 5) is 0. The molecule has 0 aliphatic carbocycles. The van der Waals surface area contributed by atoms with E-state index >= 15 is 0 Å². The molecule has 0 aromatic heterocycles. The molecular formula is C47H58Cl2SiZr. The predicted molar refractivity (Wildman–Crippen MR) is 229 cm³/mol. The van der Waals surface area contributed by atoms with Crippen LogP contribution in [0.1, 0.15) is 97.4 Å². The van der Waals surface area contributed by atoms with E-state index in [0.29, 0.717) is 0 Å². The fourth-order valence-corrected chi connectivity index (χ4v) is 7.12. The Hall–Kier alpha value is -2.22. The summed E-state index contributed by atoms with van der Waals surface area (Å²) in [6.45, 7) is 22.4. The maximum absolute atomic E-state index is 4.93. The summed E-state index contributed by atoms with van der Waals surface area (Å²) in [7, 11) is 11.1. The van der Waals surface area contributed by atoms with Crippen molar-refractivity contribution in [3.63, 3.8) is 0 Å². The van der Waals surface area contributed by atoms with Crippen LogP contribution in [0, 0.1) is 6.92 Å². The molecule has 0 atom stereocenters. The minimum atomic E-state index is -0.826. The number of benzene rings is 4. The predicted octanol–water partition coefficient (Wildman–Crippen LogP) is 15.6. The van der Waals surface area contributed by atoms with Gasteiger partial charge in [-0.25, -0.2) is 0 Å². The van der Waals surface area contributed by atoms with E-state index in [9.17, 15) is 0 Å². The van der Waals surface area contributed by atoms with Gasteiger partial charge < -0.3 is 0 Å². The molecule has 0 nitrogen and oxygen atoms in total. The molecule has 6 aromatic rings. The number of fused-ring (bicyclic) bond motifs is 2. The Morgan fingerprint density at radius 3 is 1.39 bits per heavy atom. The third kappa shape index (κ3) is 13.0. The summed E-state index contributed by atoms with van der Waals surface area (Å²) >= 11 is -0.826. The molecule has 0 bridgehead atoms. The van der Waals surface area contributed by atoms with Gasteiger partial charge >= 0.3 is 37.9 Å². The molecule has 0 amide bonds. The molecule has 2 radical (unpaired) electrons. The first-order valence-corrected chi connectivity index (χ1v) is 26.2. The molecule has 0 heterocycles. The van der Waals surface area contributed by atoms with Gasteiger partial charge in [0.2, 0.25) is 0 Å². The zero-order chi connectivity index (χ0) is 37.6. The molecule has 0 unspecified atom stereocenters. The van der Waals surface area contributed by atoms with Crippen molar-refractivity contribution in [1.29, 1.82) is 0 Å². The Balaban J connectivity index is 0.000000219. The van der Waals surface area contributed by atoms with Crippen LogP contribution in [0.4, 0.5) is 0 Å². The Kier molecular flexibility index (Phi) is 17.7. The fraction of sp³-hybridized carbons (Fsp3) is 0.362. The van der Waals surface area contributed by atoms with Gasteiger partial charge in [0.25, 0.3) is 0 Å². The van der Waals surface area contributed by atoms with Crippen molar-refractivity contribution in [2.45, 2.75) is 111 Å². The van der Waals surface area contributed by atoms with Gasteiger partial charge in [-0.2, -0.15) is 12.1 Å². The van der Waals surface area contributed by atoms with E-state index < -0.39 is 20.8 Å². The Labute approximate surface area is 331 Å². The average molecular weight is 813 g/mol. The molecule has 0 saturated heterocycles. The Morgan fingerprint density at radius 2 is 1.00 bits per heavy atom. The van der Waals surface area contributed by atoms with Crippen LogP contribution in [0.2, 0.25) is 12.1 Å². The summed E-state index contributed by atoms with van der Waals surface area (Å²) in [6.07, 6.45) is 3.84. The van der Waals surface area contributed by atoms with Crippen molar-refractivity contribution in [1.82, 2.24) is 0 Å². The van der Waals surface area contributed by atoms with Gasteiger partial charge in [0.15, 0.2) is 0 Å². The van der Waals surface area contributed by atoms with E-state index in [-0.39, 0.29) is 10.8 Å². The van der Waals surface area contributed by atoms with Gasteiger partial charge in [-0.15, -0.1) is 69.1 Å². The molecule has 0 spiro atoms. The molecule has 6 rings (SSSR count). The van der Waals surface area contributed by atoms with Crippen LogP contribution in [0.15, 0.2) is 109 Å². The number of hydrogen-bond donors (Lipinski definition) is 0. The van der Waals surface area contributed by atoms with E-state index in [1.165, 1.54) is 101 Å². The van der Waals surface area contributed by atoms with Crippen molar-refractivity contribution in [2.24, 2.45) is 0 Å². The number of aryl methyl sites for hydroxylation is 2. The van der Waals surface area contributed by atoms with Crippen LogP contribution in [0.3, 0.4) is 0 Å². The molecule has 51 heavy (non-hydrogen) atoms. The molecule has 0 saturated carbocycles. The first kappa shape index (κ1) is 43.2. The molecule has 4 heteroatoms. The zero-order valence-corrected chi connectivity index (χ0v) is 37.7. The van der Waals surface area contributed by atoms with Crippen molar-refractivity contribution >= 4 is 48.1 Å². The van der Waals surface area contributed by atoms with E-state index in [1.807, 2.05) is 0 Å². The van der Waals surface area contributed by atoms with Crippen LogP contribution >= 0.6 is 17.0 Å². The van der Waals surface area contributed by atoms with Gasteiger partial charge in [-0.05, 0) is 39.5 Å². The third-order valence-corrected chi connectivity index (χ3v) is 10.8. The van der Waals surface area contributed by atoms with E-state index in [1.54, 1.807) is 0 Å². The molecule has 0 fully saturated rings. The zero-order valence-electron chi connectivity index (χ0n) is 32.7. The topological polar surface area (TPSA) is 0 Å². The second kappa shape index (κ2) is 20.9. The van der Waals surface area contributed by atoms with Crippen molar-refractivity contribution in [3.05, 3.63) is 131 Å². The number of halogens is 2. The van der Waals surface area contributed by atoms with Gasteiger partial charge in [-0.1, -0.05) is 166 Å². The summed E-state index contributed by atoms with van der Waals surface area (Å²) in [6, 6.07) is 43.3. The van der Waals surface area contributed by atoms with Crippen molar-refractivity contribution < 1.29 is 20.8 Å². The Morgan fingerprint density at radius 1 is 0.588 bits per heavy atom. The van der Waals surface area contributed by atoms with Crippen LogP contribution in [0.25, 0.3) is 43.8 Å². The summed E-state index contributed by atoms with van der Waals surface area (Å²) < 4.78 is 0. The van der Waals surface area contributed by atoms with E-state index in [0.717, 1.165) is 6.42 Å². The first-order chi connectivity index (χ1) is 24.3. The van der Waals surface area contributed by atoms with Crippen LogP contribution < -0.4 is 0 Å². The molecule has 0 aliphatic rings. The van der Waals surface area contributed by atoms with Gasteiger partial charge in [-0.3, -0.25) is 0 Å². The molecule has 6 aromatic carbocycles. The monoisotopic (exact) mass is 810 g/mol. The van der Waals surface area contributed by atoms with Crippen LogP contribution in [-0.2, 0) is 38.1 Å².